The van der Waals surface area contributed by atoms with Crippen LogP contribution in [0, 0.1) is 5.82 Å². The first kappa shape index (κ1) is 14.5. The highest BCUT2D eigenvalue weighted by molar-refractivity contribution is 5.31. The fraction of sp³-hybridized carbons (Fsp3) is 0.250. The molecule has 5 nitrogen and oxygen atoms in total. The minimum Gasteiger partial charge on any atom is -0.308 e. The van der Waals surface area contributed by atoms with E-state index in [-0.39, 0.29) is 5.82 Å². The Kier molecular flexibility index (Phi) is 4.29. The standard InChI is InChI=1S/C16H18FN5/c1-13(11-21-8-2-7-19-21)18-9-14-10-20-22(12-14)16-5-3-15(17)4-6-16/h2-8,10,12-13,18H,9,11H2,1H3. The van der Waals surface area contributed by atoms with Gasteiger partial charge in [-0.25, -0.2) is 9.07 Å². The Morgan fingerprint density at radius 3 is 2.77 bits per heavy atom. The van der Waals surface area contributed by atoms with Gasteiger partial charge in [-0.05, 0) is 37.3 Å². The van der Waals surface area contributed by atoms with Crippen LogP contribution in [0.3, 0.4) is 0 Å². The van der Waals surface area contributed by atoms with Crippen molar-refractivity contribution in [2.24, 2.45) is 0 Å². The maximum absolute atomic E-state index is 12.9. The van der Waals surface area contributed by atoms with Gasteiger partial charge in [-0.15, -0.1) is 0 Å². The molecule has 0 saturated heterocycles. The second-order valence-corrected chi connectivity index (χ2v) is 5.28. The average Bonchev–Trinajstić information content (AvgIpc) is 3.17. The molecule has 0 aliphatic rings. The lowest BCUT2D eigenvalue weighted by atomic mass is 10.3. The molecule has 0 amide bonds. The summed E-state index contributed by atoms with van der Waals surface area (Å²) in [5.41, 5.74) is 1.92. The molecule has 2 aromatic heterocycles. The molecule has 1 aromatic carbocycles. The molecule has 0 spiro atoms. The molecule has 3 aromatic rings. The predicted octanol–water partition coefficient (Wildman–Crippen LogP) is 2.39. The van der Waals surface area contributed by atoms with E-state index in [4.69, 9.17) is 0 Å². The summed E-state index contributed by atoms with van der Waals surface area (Å²) in [6.45, 7) is 3.66. The van der Waals surface area contributed by atoms with E-state index in [2.05, 4.69) is 22.4 Å². The average molecular weight is 299 g/mol. The van der Waals surface area contributed by atoms with Crippen LogP contribution in [0.1, 0.15) is 12.5 Å². The smallest absolute Gasteiger partial charge is 0.123 e. The fourth-order valence-corrected chi connectivity index (χ4v) is 2.23. The van der Waals surface area contributed by atoms with Gasteiger partial charge in [0.25, 0.3) is 0 Å². The summed E-state index contributed by atoms with van der Waals surface area (Å²) in [5, 5.41) is 11.9. The molecule has 0 bridgehead atoms. The third-order valence-electron chi connectivity index (χ3n) is 3.40. The molecule has 1 N–H and O–H groups in total. The molecule has 0 saturated carbocycles. The van der Waals surface area contributed by atoms with Gasteiger partial charge in [0.2, 0.25) is 0 Å². The monoisotopic (exact) mass is 299 g/mol. The molecule has 0 aliphatic heterocycles. The van der Waals surface area contributed by atoms with E-state index < -0.39 is 0 Å². The lowest BCUT2D eigenvalue weighted by Gasteiger charge is -2.12. The van der Waals surface area contributed by atoms with Crippen LogP contribution in [0.15, 0.2) is 55.1 Å². The largest absolute Gasteiger partial charge is 0.308 e. The van der Waals surface area contributed by atoms with Gasteiger partial charge < -0.3 is 5.32 Å². The number of aromatic nitrogens is 4. The zero-order chi connectivity index (χ0) is 15.4. The molecular weight excluding hydrogens is 281 g/mol. The molecule has 114 valence electrons. The minimum atomic E-state index is -0.245. The van der Waals surface area contributed by atoms with Gasteiger partial charge in [0.1, 0.15) is 5.82 Å². The van der Waals surface area contributed by atoms with Gasteiger partial charge in [0.15, 0.2) is 0 Å². The number of halogens is 1. The SMILES string of the molecule is CC(Cn1cccn1)NCc1cnn(-c2ccc(F)cc2)c1. The maximum atomic E-state index is 12.9. The summed E-state index contributed by atoms with van der Waals surface area (Å²) in [7, 11) is 0. The molecule has 22 heavy (non-hydrogen) atoms. The summed E-state index contributed by atoms with van der Waals surface area (Å²) in [6.07, 6.45) is 7.49. The van der Waals surface area contributed by atoms with Crippen LogP contribution in [0.25, 0.3) is 5.69 Å². The molecule has 6 heteroatoms. The van der Waals surface area contributed by atoms with Crippen molar-refractivity contribution in [2.45, 2.75) is 26.1 Å². The maximum Gasteiger partial charge on any atom is 0.123 e. The van der Waals surface area contributed by atoms with Gasteiger partial charge in [0.05, 0.1) is 18.4 Å². The lowest BCUT2D eigenvalue weighted by molar-refractivity contribution is 0.451. The van der Waals surface area contributed by atoms with Crippen LogP contribution in [-0.2, 0) is 13.1 Å². The van der Waals surface area contributed by atoms with Gasteiger partial charge in [0, 0.05) is 36.7 Å². The van der Waals surface area contributed by atoms with Crippen molar-refractivity contribution in [1.29, 1.82) is 0 Å². The molecular formula is C16H18FN5. The normalized spacial score (nSPS) is 12.5. The van der Waals surface area contributed by atoms with Crippen molar-refractivity contribution in [2.75, 3.05) is 0 Å². The van der Waals surface area contributed by atoms with Crippen LogP contribution in [0.5, 0.6) is 0 Å². The highest BCUT2D eigenvalue weighted by atomic mass is 19.1. The van der Waals surface area contributed by atoms with Crippen molar-refractivity contribution in [1.82, 2.24) is 24.9 Å². The first-order valence-electron chi connectivity index (χ1n) is 7.21. The van der Waals surface area contributed by atoms with Crippen molar-refractivity contribution in [3.63, 3.8) is 0 Å². The first-order valence-corrected chi connectivity index (χ1v) is 7.21. The Morgan fingerprint density at radius 1 is 1.23 bits per heavy atom. The summed E-state index contributed by atoms with van der Waals surface area (Å²) in [5.74, 6) is -0.245. The molecule has 0 fully saturated rings. The van der Waals surface area contributed by atoms with E-state index in [0.29, 0.717) is 6.04 Å². The van der Waals surface area contributed by atoms with E-state index in [0.717, 1.165) is 24.3 Å². The van der Waals surface area contributed by atoms with Crippen LogP contribution < -0.4 is 5.32 Å². The first-order chi connectivity index (χ1) is 10.7. The Hall–Kier alpha value is -2.47. The number of benzene rings is 1. The van der Waals surface area contributed by atoms with E-state index in [1.165, 1.54) is 12.1 Å². The number of hydrogen-bond acceptors (Lipinski definition) is 3. The Bertz CT molecular complexity index is 702. The van der Waals surface area contributed by atoms with E-state index in [1.54, 1.807) is 23.0 Å². The Balaban J connectivity index is 1.56. The van der Waals surface area contributed by atoms with Crippen LogP contribution in [0.2, 0.25) is 0 Å². The van der Waals surface area contributed by atoms with Crippen molar-refractivity contribution >= 4 is 0 Å². The second-order valence-electron chi connectivity index (χ2n) is 5.28. The molecule has 0 aliphatic carbocycles. The zero-order valence-electron chi connectivity index (χ0n) is 12.4. The van der Waals surface area contributed by atoms with Gasteiger partial charge in [-0.3, -0.25) is 4.68 Å². The Labute approximate surface area is 128 Å². The van der Waals surface area contributed by atoms with Crippen molar-refractivity contribution < 1.29 is 4.39 Å². The van der Waals surface area contributed by atoms with E-state index in [1.807, 2.05) is 29.3 Å². The Morgan fingerprint density at radius 2 is 2.05 bits per heavy atom. The van der Waals surface area contributed by atoms with E-state index in [9.17, 15) is 4.39 Å². The molecule has 3 rings (SSSR count). The number of nitrogens with zero attached hydrogens (tertiary/aromatic N) is 4. The van der Waals surface area contributed by atoms with Gasteiger partial charge >= 0.3 is 0 Å². The summed E-state index contributed by atoms with van der Waals surface area (Å²) >= 11 is 0. The molecule has 1 atom stereocenters. The number of rotatable bonds is 6. The summed E-state index contributed by atoms with van der Waals surface area (Å²) < 4.78 is 16.6. The molecule has 2 heterocycles. The number of hydrogen-bond donors (Lipinski definition) is 1. The fourth-order valence-electron chi connectivity index (χ4n) is 2.23. The summed E-state index contributed by atoms with van der Waals surface area (Å²) in [6, 6.07) is 8.50. The van der Waals surface area contributed by atoms with Crippen LogP contribution >= 0.6 is 0 Å². The summed E-state index contributed by atoms with van der Waals surface area (Å²) in [4.78, 5) is 0. The van der Waals surface area contributed by atoms with Gasteiger partial charge in [-0.2, -0.15) is 10.2 Å². The van der Waals surface area contributed by atoms with Crippen LogP contribution in [0.4, 0.5) is 4.39 Å². The lowest BCUT2D eigenvalue weighted by Crippen LogP contribution is -2.30. The quantitative estimate of drug-likeness (QED) is 0.760. The third-order valence-corrected chi connectivity index (χ3v) is 3.40. The second kappa shape index (κ2) is 6.53. The van der Waals surface area contributed by atoms with Crippen molar-refractivity contribution in [3.05, 3.63) is 66.5 Å². The van der Waals surface area contributed by atoms with Crippen molar-refractivity contribution in [3.8, 4) is 5.69 Å². The van der Waals surface area contributed by atoms with Gasteiger partial charge in [-0.1, -0.05) is 0 Å². The molecule has 0 radical (unpaired) electrons. The van der Waals surface area contributed by atoms with E-state index >= 15 is 0 Å². The molecule has 1 unspecified atom stereocenters. The number of nitrogens with one attached hydrogen (secondary N) is 1. The third kappa shape index (κ3) is 3.59. The predicted molar refractivity (Wildman–Crippen MR) is 82.1 cm³/mol. The highest BCUT2D eigenvalue weighted by Crippen LogP contribution is 2.09. The highest BCUT2D eigenvalue weighted by Gasteiger charge is 2.05. The topological polar surface area (TPSA) is 47.7 Å². The minimum absolute atomic E-state index is 0.245. The van der Waals surface area contributed by atoms with Crippen LogP contribution in [-0.4, -0.2) is 25.6 Å². The zero-order valence-corrected chi connectivity index (χ0v) is 12.4.